The first-order valence-electron chi connectivity index (χ1n) is 7.19. The van der Waals surface area contributed by atoms with Crippen LogP contribution in [0.3, 0.4) is 0 Å². The Balaban J connectivity index is 1.67. The standard InChI is InChI=1S/C16H17ClN2O2S/c1-16(2,21-11-8-6-10(17)7-9-11)14(20)19-15-18-12-4-3-5-13(12)22-15/h6-9H,3-5H2,1-2H3,(H,18,19,20). The van der Waals surface area contributed by atoms with Crippen LogP contribution in [0, 0.1) is 0 Å². The number of amides is 1. The molecule has 4 nitrogen and oxygen atoms in total. The zero-order chi connectivity index (χ0) is 15.7. The van der Waals surface area contributed by atoms with Crippen LogP contribution in [0.25, 0.3) is 0 Å². The summed E-state index contributed by atoms with van der Waals surface area (Å²) in [7, 11) is 0. The Morgan fingerprint density at radius 2 is 2.05 bits per heavy atom. The number of rotatable bonds is 4. The molecule has 1 amide bonds. The summed E-state index contributed by atoms with van der Waals surface area (Å²) in [4.78, 5) is 18.2. The summed E-state index contributed by atoms with van der Waals surface area (Å²) < 4.78 is 5.77. The molecule has 1 aliphatic rings. The summed E-state index contributed by atoms with van der Waals surface area (Å²) in [6.07, 6.45) is 3.23. The fourth-order valence-electron chi connectivity index (χ4n) is 2.34. The van der Waals surface area contributed by atoms with E-state index in [0.717, 1.165) is 25.0 Å². The molecule has 0 saturated heterocycles. The van der Waals surface area contributed by atoms with Crippen LogP contribution in [-0.4, -0.2) is 16.5 Å². The minimum atomic E-state index is -0.996. The summed E-state index contributed by atoms with van der Waals surface area (Å²) in [5.74, 6) is 0.390. The van der Waals surface area contributed by atoms with Crippen molar-refractivity contribution in [3.05, 3.63) is 39.9 Å². The Morgan fingerprint density at radius 3 is 2.73 bits per heavy atom. The van der Waals surface area contributed by atoms with E-state index in [1.807, 2.05) is 0 Å². The van der Waals surface area contributed by atoms with E-state index in [-0.39, 0.29) is 5.91 Å². The molecule has 22 heavy (non-hydrogen) atoms. The van der Waals surface area contributed by atoms with Gasteiger partial charge >= 0.3 is 0 Å². The number of fused-ring (bicyclic) bond motifs is 1. The highest BCUT2D eigenvalue weighted by atomic mass is 35.5. The largest absolute Gasteiger partial charge is 0.478 e. The smallest absolute Gasteiger partial charge is 0.269 e. The van der Waals surface area contributed by atoms with Crippen LogP contribution in [-0.2, 0) is 17.6 Å². The molecule has 6 heteroatoms. The third kappa shape index (κ3) is 3.25. The number of aromatic nitrogens is 1. The second-order valence-electron chi connectivity index (χ2n) is 5.76. The van der Waals surface area contributed by atoms with Crippen LogP contribution in [0.1, 0.15) is 30.8 Å². The molecule has 116 valence electrons. The van der Waals surface area contributed by atoms with Gasteiger partial charge in [0.1, 0.15) is 5.75 Å². The first-order valence-corrected chi connectivity index (χ1v) is 8.38. The van der Waals surface area contributed by atoms with Crippen molar-refractivity contribution in [1.82, 2.24) is 4.98 Å². The van der Waals surface area contributed by atoms with Gasteiger partial charge in [0.05, 0.1) is 5.69 Å². The molecule has 0 spiro atoms. The van der Waals surface area contributed by atoms with Gasteiger partial charge in [-0.25, -0.2) is 4.98 Å². The van der Waals surface area contributed by atoms with E-state index in [2.05, 4.69) is 10.3 Å². The molecule has 0 aliphatic heterocycles. The molecule has 1 aromatic carbocycles. The lowest BCUT2D eigenvalue weighted by Crippen LogP contribution is -2.42. The predicted molar refractivity (Wildman–Crippen MR) is 88.9 cm³/mol. The molecule has 1 heterocycles. The van der Waals surface area contributed by atoms with Gasteiger partial charge in [-0.2, -0.15) is 0 Å². The molecular weight excluding hydrogens is 320 g/mol. The number of halogens is 1. The third-order valence-corrected chi connectivity index (χ3v) is 4.87. The lowest BCUT2D eigenvalue weighted by molar-refractivity contribution is -0.128. The first kappa shape index (κ1) is 15.3. The minimum absolute atomic E-state index is 0.213. The van der Waals surface area contributed by atoms with Crippen LogP contribution < -0.4 is 10.1 Å². The molecule has 2 aromatic rings. The average molecular weight is 337 g/mol. The summed E-state index contributed by atoms with van der Waals surface area (Å²) >= 11 is 7.41. The van der Waals surface area contributed by atoms with Crippen molar-refractivity contribution in [3.8, 4) is 5.75 Å². The van der Waals surface area contributed by atoms with Crippen molar-refractivity contribution < 1.29 is 9.53 Å². The molecule has 0 saturated carbocycles. The van der Waals surface area contributed by atoms with E-state index in [9.17, 15) is 4.79 Å². The molecule has 0 atom stereocenters. The van der Waals surface area contributed by atoms with Crippen molar-refractivity contribution >= 4 is 34.0 Å². The van der Waals surface area contributed by atoms with E-state index in [0.29, 0.717) is 15.9 Å². The molecule has 0 bridgehead atoms. The third-order valence-electron chi connectivity index (χ3n) is 3.55. The molecule has 1 aliphatic carbocycles. The number of thiazole rings is 1. The number of ether oxygens (including phenoxy) is 1. The summed E-state index contributed by atoms with van der Waals surface area (Å²) in [6, 6.07) is 6.96. The van der Waals surface area contributed by atoms with Crippen molar-refractivity contribution in [3.63, 3.8) is 0 Å². The van der Waals surface area contributed by atoms with Crippen LogP contribution >= 0.6 is 22.9 Å². The highest BCUT2D eigenvalue weighted by Crippen LogP contribution is 2.31. The normalized spacial score (nSPS) is 13.8. The van der Waals surface area contributed by atoms with E-state index in [1.54, 1.807) is 49.4 Å². The number of hydrogen-bond donors (Lipinski definition) is 1. The first-order chi connectivity index (χ1) is 10.4. The van der Waals surface area contributed by atoms with E-state index < -0.39 is 5.60 Å². The quantitative estimate of drug-likeness (QED) is 0.915. The van der Waals surface area contributed by atoms with E-state index >= 15 is 0 Å². The number of hydrogen-bond acceptors (Lipinski definition) is 4. The highest BCUT2D eigenvalue weighted by molar-refractivity contribution is 7.15. The Hall–Kier alpha value is -1.59. The van der Waals surface area contributed by atoms with Crippen LogP contribution in [0.4, 0.5) is 5.13 Å². The summed E-state index contributed by atoms with van der Waals surface area (Å²) in [5, 5.41) is 4.15. The van der Waals surface area contributed by atoms with Gasteiger partial charge in [-0.15, -0.1) is 11.3 Å². The molecule has 0 radical (unpaired) electrons. The van der Waals surface area contributed by atoms with Gasteiger partial charge in [-0.3, -0.25) is 10.1 Å². The topological polar surface area (TPSA) is 51.2 Å². The number of benzene rings is 1. The minimum Gasteiger partial charge on any atom is -0.478 e. The van der Waals surface area contributed by atoms with Gasteiger partial charge in [-0.05, 0) is 57.4 Å². The van der Waals surface area contributed by atoms with Gasteiger partial charge < -0.3 is 4.74 Å². The highest BCUT2D eigenvalue weighted by Gasteiger charge is 2.31. The predicted octanol–water partition coefficient (Wildman–Crippen LogP) is 4.08. The van der Waals surface area contributed by atoms with Crippen molar-refractivity contribution in [1.29, 1.82) is 0 Å². The average Bonchev–Trinajstić information content (AvgIpc) is 3.02. The molecule has 0 unspecified atom stereocenters. The number of nitrogens with one attached hydrogen (secondary N) is 1. The van der Waals surface area contributed by atoms with Crippen LogP contribution in [0.15, 0.2) is 24.3 Å². The maximum atomic E-state index is 12.4. The van der Waals surface area contributed by atoms with Crippen LogP contribution in [0.2, 0.25) is 5.02 Å². The molecular formula is C16H17ClN2O2S. The zero-order valence-corrected chi connectivity index (χ0v) is 14.1. The maximum absolute atomic E-state index is 12.4. The van der Waals surface area contributed by atoms with Gasteiger partial charge in [0, 0.05) is 9.90 Å². The lowest BCUT2D eigenvalue weighted by atomic mass is 10.1. The fourth-order valence-corrected chi connectivity index (χ4v) is 3.51. The molecule has 3 rings (SSSR count). The van der Waals surface area contributed by atoms with Gasteiger partial charge in [-0.1, -0.05) is 11.6 Å². The Labute approximate surface area is 138 Å². The zero-order valence-electron chi connectivity index (χ0n) is 12.5. The van der Waals surface area contributed by atoms with Gasteiger partial charge in [0.25, 0.3) is 5.91 Å². The van der Waals surface area contributed by atoms with E-state index in [1.165, 1.54) is 4.88 Å². The van der Waals surface area contributed by atoms with Crippen LogP contribution in [0.5, 0.6) is 5.75 Å². The second-order valence-corrected chi connectivity index (χ2v) is 7.28. The van der Waals surface area contributed by atoms with E-state index in [4.69, 9.17) is 16.3 Å². The second kappa shape index (κ2) is 5.89. The monoisotopic (exact) mass is 336 g/mol. The summed E-state index contributed by atoms with van der Waals surface area (Å²) in [5.41, 5.74) is 0.126. The number of anilines is 1. The number of carbonyl (C=O) groups excluding carboxylic acids is 1. The molecule has 1 aromatic heterocycles. The lowest BCUT2D eigenvalue weighted by Gasteiger charge is -2.24. The van der Waals surface area contributed by atoms with Crippen molar-refractivity contribution in [2.45, 2.75) is 38.7 Å². The maximum Gasteiger partial charge on any atom is 0.269 e. The Bertz CT molecular complexity index is 673. The summed E-state index contributed by atoms with van der Waals surface area (Å²) in [6.45, 7) is 3.47. The van der Waals surface area contributed by atoms with Crippen molar-refractivity contribution in [2.75, 3.05) is 5.32 Å². The SMILES string of the molecule is CC(C)(Oc1ccc(Cl)cc1)C(=O)Nc1nc2c(s1)CCC2. The Kier molecular flexibility index (Phi) is 4.10. The fraction of sp³-hybridized carbons (Fsp3) is 0.375. The van der Waals surface area contributed by atoms with Gasteiger partial charge in [0.2, 0.25) is 0 Å². The van der Waals surface area contributed by atoms with Crippen molar-refractivity contribution in [2.24, 2.45) is 0 Å². The van der Waals surface area contributed by atoms with Gasteiger partial charge in [0.15, 0.2) is 10.7 Å². The number of carbonyl (C=O) groups is 1. The number of aryl methyl sites for hydroxylation is 2. The Morgan fingerprint density at radius 1 is 1.32 bits per heavy atom. The molecule has 0 fully saturated rings. The number of nitrogens with zero attached hydrogens (tertiary/aromatic N) is 1. The molecule has 1 N–H and O–H groups in total.